The highest BCUT2D eigenvalue weighted by molar-refractivity contribution is 6.41. The fourth-order valence-corrected chi connectivity index (χ4v) is 4.25. The van der Waals surface area contributed by atoms with Gasteiger partial charge < -0.3 is 31.3 Å². The minimum absolute atomic E-state index is 0.141. The van der Waals surface area contributed by atoms with Crippen molar-refractivity contribution in [2.75, 3.05) is 6.44 Å². The van der Waals surface area contributed by atoms with E-state index < -0.39 is 55.3 Å². The maximum Gasteiger partial charge on any atom is 0.472 e. The predicted octanol–water partition coefficient (Wildman–Crippen LogP) is 1.47. The third kappa shape index (κ3) is 9.57. The lowest BCUT2D eigenvalue weighted by molar-refractivity contribution is -0.132. The van der Waals surface area contributed by atoms with Gasteiger partial charge in [-0.1, -0.05) is 86.6 Å². The van der Waals surface area contributed by atoms with Gasteiger partial charge in [-0.3, -0.25) is 19.2 Å². The monoisotopic (exact) mass is 572 g/mol. The smallest absolute Gasteiger partial charge is 0.426 e. The third-order valence-corrected chi connectivity index (χ3v) is 6.62. The van der Waals surface area contributed by atoms with Crippen LogP contribution < -0.4 is 21.3 Å². The number of carbonyl (C=O) groups is 4. The molecule has 0 aliphatic carbocycles. The Kier molecular flexibility index (Phi) is 11.8. The molecule has 0 aromatic heterocycles. The Labute approximate surface area is 246 Å². The van der Waals surface area contributed by atoms with Crippen molar-refractivity contribution in [2.45, 2.75) is 45.3 Å². The molecule has 3 atom stereocenters. The maximum atomic E-state index is 13.5. The summed E-state index contributed by atoms with van der Waals surface area (Å²) in [6.07, 6.45) is -0.254. The summed E-state index contributed by atoms with van der Waals surface area (Å²) in [5.74, 6) is -2.50. The molecule has 0 saturated carbocycles. The van der Waals surface area contributed by atoms with Crippen LogP contribution in [-0.2, 0) is 20.8 Å². The second kappa shape index (κ2) is 15.5. The lowest BCUT2D eigenvalue weighted by Gasteiger charge is -2.26. The van der Waals surface area contributed by atoms with Gasteiger partial charge >= 0.3 is 7.12 Å². The Morgan fingerprint density at radius 1 is 0.690 bits per heavy atom. The van der Waals surface area contributed by atoms with Crippen LogP contribution in [0.5, 0.6) is 0 Å². The van der Waals surface area contributed by atoms with Gasteiger partial charge in [-0.05, 0) is 41.7 Å². The van der Waals surface area contributed by atoms with E-state index in [-0.39, 0.29) is 12.3 Å². The molecule has 3 aromatic carbocycles. The molecule has 0 spiro atoms. The lowest BCUT2D eigenvalue weighted by atomic mass is 9.92. The molecule has 0 heterocycles. The van der Waals surface area contributed by atoms with Gasteiger partial charge in [0.25, 0.3) is 5.91 Å². The molecule has 0 unspecified atom stereocenters. The van der Waals surface area contributed by atoms with Crippen molar-refractivity contribution in [3.8, 4) is 11.1 Å². The zero-order valence-corrected chi connectivity index (χ0v) is 23.9. The Bertz CT molecular complexity index is 1340. The summed E-state index contributed by atoms with van der Waals surface area (Å²) in [6, 6.07) is 22.9. The van der Waals surface area contributed by atoms with Crippen molar-refractivity contribution in [3.63, 3.8) is 0 Å². The average Bonchev–Trinajstić information content (AvgIpc) is 2.98. The minimum atomic E-state index is -1.73. The van der Waals surface area contributed by atoms with E-state index in [1.165, 1.54) is 6.92 Å². The molecule has 0 bridgehead atoms. The van der Waals surface area contributed by atoms with Gasteiger partial charge in [0, 0.05) is 12.0 Å². The Balaban J connectivity index is 1.72. The van der Waals surface area contributed by atoms with Crippen molar-refractivity contribution in [2.24, 2.45) is 5.92 Å². The van der Waals surface area contributed by atoms with Crippen LogP contribution in [0.4, 0.5) is 0 Å². The first-order chi connectivity index (χ1) is 20.0. The Hall–Kier alpha value is -4.48. The molecule has 6 N–H and O–H groups in total. The molecular weight excluding hydrogens is 535 g/mol. The second-order valence-corrected chi connectivity index (χ2v) is 10.3. The van der Waals surface area contributed by atoms with Crippen LogP contribution in [0.15, 0.2) is 84.9 Å². The van der Waals surface area contributed by atoms with Gasteiger partial charge in [-0.2, -0.15) is 0 Å². The van der Waals surface area contributed by atoms with Gasteiger partial charge in [0.2, 0.25) is 17.7 Å². The van der Waals surface area contributed by atoms with Crippen LogP contribution in [0.25, 0.3) is 11.1 Å². The zero-order valence-electron chi connectivity index (χ0n) is 23.9. The molecular formula is C31H37BN4O6. The Morgan fingerprint density at radius 2 is 1.26 bits per heavy atom. The fourth-order valence-electron chi connectivity index (χ4n) is 4.25. The SMILES string of the molecule is CC(C)[C@H](NC(=O)c1ccc(-c2ccccc2)cc1)C(=O)N[C@@H](Cc1ccccc1)C(=O)N[C@@H](C)C(=O)NCB(O)O. The summed E-state index contributed by atoms with van der Waals surface area (Å²) in [4.78, 5) is 52.0. The van der Waals surface area contributed by atoms with Crippen molar-refractivity contribution in [1.29, 1.82) is 0 Å². The summed E-state index contributed by atoms with van der Waals surface area (Å²) in [5.41, 5.74) is 3.14. The maximum absolute atomic E-state index is 13.5. The van der Waals surface area contributed by atoms with E-state index in [2.05, 4.69) is 21.3 Å². The van der Waals surface area contributed by atoms with E-state index in [0.717, 1.165) is 16.7 Å². The van der Waals surface area contributed by atoms with E-state index in [1.807, 2.05) is 72.8 Å². The van der Waals surface area contributed by atoms with E-state index in [1.54, 1.807) is 26.0 Å². The quantitative estimate of drug-likeness (QED) is 0.170. The third-order valence-electron chi connectivity index (χ3n) is 6.62. The number of hydrogen-bond acceptors (Lipinski definition) is 6. The van der Waals surface area contributed by atoms with Crippen molar-refractivity contribution >= 4 is 30.7 Å². The number of benzene rings is 3. The molecule has 0 fully saturated rings. The fraction of sp³-hybridized carbons (Fsp3) is 0.290. The summed E-state index contributed by atoms with van der Waals surface area (Å²) in [5, 5.41) is 28.4. The van der Waals surface area contributed by atoms with Gasteiger partial charge in [0.1, 0.15) is 18.1 Å². The molecule has 0 aliphatic heterocycles. The Morgan fingerprint density at radius 3 is 1.83 bits per heavy atom. The molecule has 220 valence electrons. The molecule has 0 radical (unpaired) electrons. The first-order valence-electron chi connectivity index (χ1n) is 13.8. The van der Waals surface area contributed by atoms with Gasteiger partial charge in [-0.25, -0.2) is 0 Å². The number of amides is 4. The van der Waals surface area contributed by atoms with E-state index >= 15 is 0 Å². The molecule has 42 heavy (non-hydrogen) atoms. The lowest BCUT2D eigenvalue weighted by Crippen LogP contribution is -2.58. The second-order valence-electron chi connectivity index (χ2n) is 10.3. The number of rotatable bonds is 13. The van der Waals surface area contributed by atoms with Crippen molar-refractivity contribution < 1.29 is 29.2 Å². The highest BCUT2D eigenvalue weighted by Gasteiger charge is 2.30. The summed E-state index contributed by atoms with van der Waals surface area (Å²) in [6.45, 7) is 5.02. The van der Waals surface area contributed by atoms with Crippen LogP contribution in [0, 0.1) is 5.92 Å². The van der Waals surface area contributed by atoms with Crippen LogP contribution in [0.1, 0.15) is 36.7 Å². The first-order valence-corrected chi connectivity index (χ1v) is 13.8. The van der Waals surface area contributed by atoms with Gasteiger partial charge in [0.15, 0.2) is 0 Å². The summed E-state index contributed by atoms with van der Waals surface area (Å²) < 4.78 is 0. The molecule has 3 rings (SSSR count). The molecule has 3 aromatic rings. The summed E-state index contributed by atoms with van der Waals surface area (Å²) in [7, 11) is -1.73. The topological polar surface area (TPSA) is 157 Å². The minimum Gasteiger partial charge on any atom is -0.426 e. The zero-order chi connectivity index (χ0) is 30.6. The van der Waals surface area contributed by atoms with Crippen LogP contribution in [0.3, 0.4) is 0 Å². The molecule has 10 nitrogen and oxygen atoms in total. The van der Waals surface area contributed by atoms with Gasteiger partial charge in [0.05, 0.1) is 6.44 Å². The number of nitrogens with one attached hydrogen (secondary N) is 4. The van der Waals surface area contributed by atoms with Gasteiger partial charge in [-0.15, -0.1) is 0 Å². The highest BCUT2D eigenvalue weighted by Crippen LogP contribution is 2.19. The number of carbonyl (C=O) groups excluding carboxylic acids is 4. The van der Waals surface area contributed by atoms with Crippen molar-refractivity contribution in [1.82, 2.24) is 21.3 Å². The summed E-state index contributed by atoms with van der Waals surface area (Å²) >= 11 is 0. The van der Waals surface area contributed by atoms with Crippen molar-refractivity contribution in [3.05, 3.63) is 96.1 Å². The van der Waals surface area contributed by atoms with Crippen LogP contribution in [-0.4, -0.2) is 65.4 Å². The average molecular weight is 572 g/mol. The van der Waals surface area contributed by atoms with E-state index in [0.29, 0.717) is 5.56 Å². The van der Waals surface area contributed by atoms with E-state index in [9.17, 15) is 19.2 Å². The predicted molar refractivity (Wildman–Crippen MR) is 161 cm³/mol. The molecule has 0 aliphatic rings. The normalized spacial score (nSPS) is 12.9. The van der Waals surface area contributed by atoms with Crippen LogP contribution >= 0.6 is 0 Å². The standard InChI is InChI=1S/C31H37BN4O6/c1-20(2)27(36-29(38)25-16-14-24(15-17-25)23-12-8-5-9-13-23)31(40)35-26(18-22-10-6-4-7-11-22)30(39)34-21(3)28(37)33-19-32(41)42/h4-17,20-21,26-27,41-42H,18-19H2,1-3H3,(H,33,37)(H,34,39)(H,35,40)(H,36,38)/t21-,26-,27-/m0/s1. The molecule has 4 amide bonds. The highest BCUT2D eigenvalue weighted by atomic mass is 16.4. The number of hydrogen-bond donors (Lipinski definition) is 6. The molecule has 0 saturated heterocycles. The first kappa shape index (κ1) is 32.0. The largest absolute Gasteiger partial charge is 0.472 e. The molecule has 11 heteroatoms. The van der Waals surface area contributed by atoms with E-state index in [4.69, 9.17) is 10.0 Å². The van der Waals surface area contributed by atoms with Crippen LogP contribution in [0.2, 0.25) is 0 Å².